The van der Waals surface area contributed by atoms with Crippen molar-refractivity contribution in [2.24, 2.45) is 4.99 Å². The molecule has 1 amide bonds. The normalized spacial score (nSPS) is 10.8. The lowest BCUT2D eigenvalue weighted by Gasteiger charge is -2.12. The van der Waals surface area contributed by atoms with Crippen LogP contribution in [0.1, 0.15) is 35.3 Å². The van der Waals surface area contributed by atoms with Gasteiger partial charge in [-0.05, 0) is 62.5 Å². The number of hydrogen-bond acceptors (Lipinski definition) is 5. The summed E-state index contributed by atoms with van der Waals surface area (Å²) >= 11 is 6.34. The number of allylic oxidation sites excluding steroid dienone is 1. The molecule has 3 rings (SSSR count). The van der Waals surface area contributed by atoms with Gasteiger partial charge in [-0.3, -0.25) is 9.79 Å². The van der Waals surface area contributed by atoms with Gasteiger partial charge in [0.15, 0.2) is 0 Å². The fraction of sp³-hybridized carbons (Fsp3) is 0.160. The molecule has 6 nitrogen and oxygen atoms in total. The van der Waals surface area contributed by atoms with Gasteiger partial charge in [0.05, 0.1) is 27.7 Å². The first-order chi connectivity index (χ1) is 15.5. The van der Waals surface area contributed by atoms with E-state index in [1.165, 1.54) is 0 Å². The molecule has 0 unspecified atom stereocenters. The van der Waals surface area contributed by atoms with Crippen molar-refractivity contribution in [2.45, 2.75) is 20.4 Å². The van der Waals surface area contributed by atoms with E-state index < -0.39 is 0 Å². The van der Waals surface area contributed by atoms with E-state index in [-0.39, 0.29) is 5.91 Å². The predicted octanol–water partition coefficient (Wildman–Crippen LogP) is 5.71. The Morgan fingerprint density at radius 1 is 1.22 bits per heavy atom. The lowest BCUT2D eigenvalue weighted by Crippen LogP contribution is -2.22. The van der Waals surface area contributed by atoms with Gasteiger partial charge >= 0.3 is 0 Å². The number of carbonyl (C=O) groups is 1. The van der Waals surface area contributed by atoms with Gasteiger partial charge < -0.3 is 16.4 Å². The van der Waals surface area contributed by atoms with Crippen molar-refractivity contribution in [3.8, 4) is 11.3 Å². The summed E-state index contributed by atoms with van der Waals surface area (Å²) in [4.78, 5) is 20.8. The molecule has 0 aliphatic carbocycles. The van der Waals surface area contributed by atoms with Crippen LogP contribution in [0, 0.1) is 0 Å². The summed E-state index contributed by atoms with van der Waals surface area (Å²) in [7, 11) is 0. The van der Waals surface area contributed by atoms with Gasteiger partial charge in [-0.2, -0.15) is 0 Å². The summed E-state index contributed by atoms with van der Waals surface area (Å²) < 4.78 is 0. The van der Waals surface area contributed by atoms with Gasteiger partial charge in [0.25, 0.3) is 5.91 Å². The fourth-order valence-corrected chi connectivity index (χ4v) is 3.51. The summed E-state index contributed by atoms with van der Waals surface area (Å²) in [5, 5.41) is 6.42. The Hall–Kier alpha value is -3.64. The van der Waals surface area contributed by atoms with E-state index >= 15 is 0 Å². The number of carbonyl (C=O) groups excluding carboxylic acids is 1. The predicted molar refractivity (Wildman–Crippen MR) is 135 cm³/mol. The largest absolute Gasteiger partial charge is 0.396 e. The highest BCUT2D eigenvalue weighted by Crippen LogP contribution is 2.28. The Morgan fingerprint density at radius 3 is 2.72 bits per heavy atom. The molecule has 3 aromatic rings. The minimum atomic E-state index is -0.202. The Balaban J connectivity index is 1.82. The minimum Gasteiger partial charge on any atom is -0.396 e. The molecular weight excluding hydrogens is 422 g/mol. The summed E-state index contributed by atoms with van der Waals surface area (Å²) in [6.07, 6.45) is 3.96. The number of benzene rings is 2. The van der Waals surface area contributed by atoms with Crippen LogP contribution in [0.4, 0.5) is 17.2 Å². The molecule has 0 bridgehead atoms. The molecule has 0 spiro atoms. The van der Waals surface area contributed by atoms with E-state index in [4.69, 9.17) is 17.3 Å². The molecule has 1 aromatic heterocycles. The monoisotopic (exact) mass is 447 g/mol. The second-order valence-corrected chi connectivity index (χ2v) is 7.50. The molecule has 0 atom stereocenters. The zero-order valence-electron chi connectivity index (χ0n) is 18.2. The maximum atomic E-state index is 12.1. The number of hydrogen-bond donors (Lipinski definition) is 3. The highest BCUT2D eigenvalue weighted by Gasteiger charge is 2.12. The molecule has 0 fully saturated rings. The SMILES string of the molecule is C=Nc1ccc(CNc2nc(-c3ccc(C(=O)NCC)c(Cl)c3)ccc2N)cc1/C=C\C. The Bertz CT molecular complexity index is 1170. The molecular formula is C25H26ClN5O. The molecule has 1 heterocycles. The fourth-order valence-electron chi connectivity index (χ4n) is 3.24. The number of rotatable bonds is 8. The minimum absolute atomic E-state index is 0.202. The smallest absolute Gasteiger partial charge is 0.252 e. The third-order valence-electron chi connectivity index (χ3n) is 4.84. The summed E-state index contributed by atoms with van der Waals surface area (Å²) in [5.74, 6) is 0.372. The highest BCUT2D eigenvalue weighted by molar-refractivity contribution is 6.34. The number of aromatic nitrogens is 1. The second kappa shape index (κ2) is 10.6. The third-order valence-corrected chi connectivity index (χ3v) is 5.15. The van der Waals surface area contributed by atoms with E-state index in [0.717, 1.165) is 22.4 Å². The van der Waals surface area contributed by atoms with Crippen LogP contribution in [0.5, 0.6) is 0 Å². The van der Waals surface area contributed by atoms with Crippen molar-refractivity contribution < 1.29 is 4.79 Å². The number of aliphatic imine (C=N–C) groups is 1. The van der Waals surface area contributed by atoms with Crippen LogP contribution in [0.15, 0.2) is 59.6 Å². The van der Waals surface area contributed by atoms with E-state index in [0.29, 0.717) is 40.9 Å². The molecule has 0 aliphatic heterocycles. The molecule has 0 aliphatic rings. The van der Waals surface area contributed by atoms with Crippen molar-refractivity contribution in [2.75, 3.05) is 17.6 Å². The number of nitrogens with two attached hydrogens (primary N) is 1. The molecule has 32 heavy (non-hydrogen) atoms. The summed E-state index contributed by atoms with van der Waals surface area (Å²) in [6.45, 7) is 8.52. The number of nitrogens with zero attached hydrogens (tertiary/aromatic N) is 2. The lowest BCUT2D eigenvalue weighted by atomic mass is 10.1. The zero-order valence-corrected chi connectivity index (χ0v) is 18.9. The summed E-state index contributed by atoms with van der Waals surface area (Å²) in [5.41, 5.74) is 11.5. The van der Waals surface area contributed by atoms with Crippen LogP contribution >= 0.6 is 11.6 Å². The van der Waals surface area contributed by atoms with Gasteiger partial charge in [0.2, 0.25) is 0 Å². The number of amides is 1. The topological polar surface area (TPSA) is 92.4 Å². The Kier molecular flexibility index (Phi) is 7.63. The first-order valence-corrected chi connectivity index (χ1v) is 10.7. The van der Waals surface area contributed by atoms with Gasteiger partial charge in [-0.1, -0.05) is 35.9 Å². The van der Waals surface area contributed by atoms with E-state index in [1.807, 2.05) is 50.3 Å². The van der Waals surface area contributed by atoms with E-state index in [9.17, 15) is 4.79 Å². The van der Waals surface area contributed by atoms with Gasteiger partial charge in [0.1, 0.15) is 5.82 Å². The van der Waals surface area contributed by atoms with Crippen LogP contribution < -0.4 is 16.4 Å². The van der Waals surface area contributed by atoms with E-state index in [2.05, 4.69) is 33.4 Å². The average Bonchev–Trinajstić information content (AvgIpc) is 2.79. The van der Waals surface area contributed by atoms with Crippen LogP contribution in [0.25, 0.3) is 17.3 Å². The molecule has 0 saturated heterocycles. The average molecular weight is 448 g/mol. The van der Waals surface area contributed by atoms with Crippen LogP contribution in [0.3, 0.4) is 0 Å². The highest BCUT2D eigenvalue weighted by atomic mass is 35.5. The molecule has 2 aromatic carbocycles. The number of halogens is 1. The first-order valence-electron chi connectivity index (χ1n) is 10.3. The van der Waals surface area contributed by atoms with Crippen LogP contribution in [0.2, 0.25) is 5.02 Å². The molecule has 4 N–H and O–H groups in total. The van der Waals surface area contributed by atoms with Gasteiger partial charge in [-0.15, -0.1) is 0 Å². The van der Waals surface area contributed by atoms with Crippen molar-refractivity contribution in [1.82, 2.24) is 10.3 Å². The Morgan fingerprint density at radius 2 is 2.03 bits per heavy atom. The maximum absolute atomic E-state index is 12.1. The van der Waals surface area contributed by atoms with Crippen LogP contribution in [-0.2, 0) is 6.54 Å². The van der Waals surface area contributed by atoms with Crippen molar-refractivity contribution in [3.05, 3.63) is 76.3 Å². The second-order valence-electron chi connectivity index (χ2n) is 7.09. The maximum Gasteiger partial charge on any atom is 0.252 e. The number of nitrogens with one attached hydrogen (secondary N) is 2. The van der Waals surface area contributed by atoms with Crippen molar-refractivity contribution in [1.29, 1.82) is 0 Å². The first kappa shape index (κ1) is 23.0. The number of anilines is 2. The van der Waals surface area contributed by atoms with Crippen molar-refractivity contribution >= 4 is 47.5 Å². The molecule has 7 heteroatoms. The molecule has 164 valence electrons. The van der Waals surface area contributed by atoms with E-state index in [1.54, 1.807) is 18.2 Å². The number of pyridine rings is 1. The standard InChI is InChI=1S/C25H26ClN5O/c1-4-6-17-13-16(7-11-22(17)28-3)15-30-24-21(27)10-12-23(31-24)18-8-9-19(20(26)14-18)25(32)29-5-2/h4,6-14H,3,5,15,27H2,1-2H3,(H,29,32)(H,30,31)/b6-4-. The Labute approximate surface area is 193 Å². The van der Waals surface area contributed by atoms with Crippen molar-refractivity contribution in [3.63, 3.8) is 0 Å². The lowest BCUT2D eigenvalue weighted by molar-refractivity contribution is 0.0956. The quantitative estimate of drug-likeness (QED) is 0.385. The van der Waals surface area contributed by atoms with Gasteiger partial charge in [0, 0.05) is 24.2 Å². The molecule has 0 saturated carbocycles. The van der Waals surface area contributed by atoms with Gasteiger partial charge in [-0.25, -0.2) is 4.98 Å². The zero-order chi connectivity index (χ0) is 23.1. The third kappa shape index (κ3) is 5.34. The number of nitrogen functional groups attached to an aromatic ring is 1. The summed E-state index contributed by atoms with van der Waals surface area (Å²) in [6, 6.07) is 14.9. The van der Waals surface area contributed by atoms with Crippen LogP contribution in [-0.4, -0.2) is 24.2 Å². The molecule has 0 radical (unpaired) electrons.